The molecule has 1 aliphatic rings. The second-order valence-electron chi connectivity index (χ2n) is 6.62. The van der Waals surface area contributed by atoms with Crippen LogP contribution in [0.25, 0.3) is 11.1 Å². The van der Waals surface area contributed by atoms with Gasteiger partial charge in [0.1, 0.15) is 5.75 Å². The van der Waals surface area contributed by atoms with Crippen molar-refractivity contribution < 1.29 is 19.1 Å². The predicted octanol–water partition coefficient (Wildman–Crippen LogP) is 3.78. The number of hydrogen-bond donors (Lipinski definition) is 0. The zero-order valence-corrected chi connectivity index (χ0v) is 15.8. The van der Waals surface area contributed by atoms with Crippen molar-refractivity contribution in [3.8, 4) is 16.9 Å². The van der Waals surface area contributed by atoms with Crippen molar-refractivity contribution in [2.75, 3.05) is 26.8 Å². The molecule has 0 saturated carbocycles. The molecule has 0 aliphatic carbocycles. The summed E-state index contributed by atoms with van der Waals surface area (Å²) in [5.41, 5.74) is 2.47. The summed E-state index contributed by atoms with van der Waals surface area (Å²) in [5.74, 6) is 0.203. The average molecular weight is 367 g/mol. The topological polar surface area (TPSA) is 55.8 Å². The van der Waals surface area contributed by atoms with E-state index in [1.807, 2.05) is 42.5 Å². The number of likely N-dealkylation sites (tertiary alicyclic amines) is 1. The summed E-state index contributed by atoms with van der Waals surface area (Å²) in [6.45, 7) is 3.22. The van der Waals surface area contributed by atoms with Crippen LogP contribution in [-0.2, 0) is 9.53 Å². The van der Waals surface area contributed by atoms with Gasteiger partial charge in [-0.15, -0.1) is 0 Å². The van der Waals surface area contributed by atoms with E-state index >= 15 is 0 Å². The maximum atomic E-state index is 13.0. The molecule has 142 valence electrons. The Balaban J connectivity index is 1.83. The lowest BCUT2D eigenvalue weighted by atomic mass is 9.96. The summed E-state index contributed by atoms with van der Waals surface area (Å²) < 4.78 is 10.6. The maximum absolute atomic E-state index is 13.0. The normalized spacial score (nSPS) is 16.7. The summed E-state index contributed by atoms with van der Waals surface area (Å²) in [4.78, 5) is 26.8. The van der Waals surface area contributed by atoms with Crippen molar-refractivity contribution in [2.45, 2.75) is 19.8 Å². The Hall–Kier alpha value is -2.82. The van der Waals surface area contributed by atoms with E-state index in [1.165, 1.54) is 0 Å². The highest BCUT2D eigenvalue weighted by Crippen LogP contribution is 2.31. The summed E-state index contributed by atoms with van der Waals surface area (Å²) in [6, 6.07) is 15.3. The minimum Gasteiger partial charge on any atom is -0.496 e. The van der Waals surface area contributed by atoms with E-state index < -0.39 is 0 Å². The Morgan fingerprint density at radius 1 is 1.15 bits per heavy atom. The van der Waals surface area contributed by atoms with Gasteiger partial charge in [0, 0.05) is 24.2 Å². The van der Waals surface area contributed by atoms with Crippen LogP contribution in [0.5, 0.6) is 5.75 Å². The first kappa shape index (κ1) is 19.0. The van der Waals surface area contributed by atoms with Crippen molar-refractivity contribution in [3.05, 3.63) is 54.1 Å². The fourth-order valence-corrected chi connectivity index (χ4v) is 3.48. The van der Waals surface area contributed by atoms with Gasteiger partial charge >= 0.3 is 5.97 Å². The van der Waals surface area contributed by atoms with Crippen LogP contribution >= 0.6 is 0 Å². The second kappa shape index (κ2) is 8.71. The zero-order valence-electron chi connectivity index (χ0n) is 15.8. The van der Waals surface area contributed by atoms with E-state index in [1.54, 1.807) is 25.0 Å². The maximum Gasteiger partial charge on any atom is 0.310 e. The second-order valence-corrected chi connectivity index (χ2v) is 6.62. The number of piperidine rings is 1. The first-order valence-electron chi connectivity index (χ1n) is 9.33. The highest BCUT2D eigenvalue weighted by atomic mass is 16.5. The first-order chi connectivity index (χ1) is 13.1. The standard InChI is InChI=1S/C22H25NO4/c1-3-27-22(25)18-10-7-13-23(15-18)21(24)17-11-12-20(26-2)19(14-17)16-8-5-4-6-9-16/h4-6,8-9,11-12,14,18H,3,7,10,13,15H2,1-2H3. The van der Waals surface area contributed by atoms with Crippen LogP contribution in [0.3, 0.4) is 0 Å². The lowest BCUT2D eigenvalue weighted by Gasteiger charge is -2.31. The van der Waals surface area contributed by atoms with Crippen LogP contribution in [0.1, 0.15) is 30.1 Å². The number of ether oxygens (including phenoxy) is 2. The number of esters is 1. The molecule has 1 atom stereocenters. The molecule has 0 bridgehead atoms. The lowest BCUT2D eigenvalue weighted by Crippen LogP contribution is -2.42. The Kier molecular flexibility index (Phi) is 6.12. The third kappa shape index (κ3) is 4.30. The predicted molar refractivity (Wildman–Crippen MR) is 104 cm³/mol. The van der Waals surface area contributed by atoms with Gasteiger partial charge in [-0.25, -0.2) is 0 Å². The van der Waals surface area contributed by atoms with Crippen LogP contribution in [0.15, 0.2) is 48.5 Å². The Morgan fingerprint density at radius 2 is 1.93 bits per heavy atom. The molecule has 0 N–H and O–H groups in total. The SMILES string of the molecule is CCOC(=O)C1CCCN(C(=O)c2ccc(OC)c(-c3ccccc3)c2)C1. The number of carbonyl (C=O) groups is 2. The van der Waals surface area contributed by atoms with Gasteiger partial charge in [-0.3, -0.25) is 9.59 Å². The molecule has 1 saturated heterocycles. The van der Waals surface area contributed by atoms with Gasteiger partial charge in [-0.2, -0.15) is 0 Å². The van der Waals surface area contributed by atoms with Crippen molar-refractivity contribution >= 4 is 11.9 Å². The molecule has 5 heteroatoms. The average Bonchev–Trinajstić information content (AvgIpc) is 2.73. The van der Waals surface area contributed by atoms with E-state index in [0.717, 1.165) is 29.7 Å². The third-order valence-corrected chi connectivity index (χ3v) is 4.86. The Bertz CT molecular complexity index is 803. The Morgan fingerprint density at radius 3 is 2.63 bits per heavy atom. The number of nitrogens with zero attached hydrogens (tertiary/aromatic N) is 1. The number of methoxy groups -OCH3 is 1. The van der Waals surface area contributed by atoms with E-state index in [4.69, 9.17) is 9.47 Å². The van der Waals surface area contributed by atoms with Gasteiger partial charge in [0.25, 0.3) is 5.91 Å². The molecule has 2 aromatic rings. The molecular formula is C22H25NO4. The molecule has 0 radical (unpaired) electrons. The van der Waals surface area contributed by atoms with Gasteiger partial charge in [-0.1, -0.05) is 30.3 Å². The first-order valence-corrected chi connectivity index (χ1v) is 9.33. The summed E-state index contributed by atoms with van der Waals surface area (Å²) in [7, 11) is 1.62. The monoisotopic (exact) mass is 367 g/mol. The van der Waals surface area contributed by atoms with Gasteiger partial charge in [0.05, 0.1) is 19.6 Å². The number of hydrogen-bond acceptors (Lipinski definition) is 4. The van der Waals surface area contributed by atoms with Crippen molar-refractivity contribution in [2.24, 2.45) is 5.92 Å². The summed E-state index contributed by atoms with van der Waals surface area (Å²) in [5, 5.41) is 0. The summed E-state index contributed by atoms with van der Waals surface area (Å²) >= 11 is 0. The van der Waals surface area contributed by atoms with Crippen LogP contribution in [0, 0.1) is 5.92 Å². The van der Waals surface area contributed by atoms with Crippen LogP contribution in [0.4, 0.5) is 0 Å². The number of carbonyl (C=O) groups excluding carboxylic acids is 2. The molecule has 1 amide bonds. The minimum atomic E-state index is -0.241. The molecule has 2 aromatic carbocycles. The molecule has 5 nitrogen and oxygen atoms in total. The summed E-state index contributed by atoms with van der Waals surface area (Å²) in [6.07, 6.45) is 1.57. The molecule has 1 aliphatic heterocycles. The molecule has 27 heavy (non-hydrogen) atoms. The third-order valence-electron chi connectivity index (χ3n) is 4.86. The van der Waals surface area contributed by atoms with E-state index in [0.29, 0.717) is 25.3 Å². The van der Waals surface area contributed by atoms with Gasteiger partial charge < -0.3 is 14.4 Å². The quantitative estimate of drug-likeness (QED) is 0.755. The zero-order chi connectivity index (χ0) is 19.2. The number of benzene rings is 2. The van der Waals surface area contributed by atoms with Crippen molar-refractivity contribution in [1.82, 2.24) is 4.90 Å². The molecule has 1 unspecified atom stereocenters. The number of amides is 1. The highest BCUT2D eigenvalue weighted by Gasteiger charge is 2.30. The minimum absolute atomic E-state index is 0.0659. The van der Waals surface area contributed by atoms with Crippen molar-refractivity contribution in [1.29, 1.82) is 0 Å². The largest absolute Gasteiger partial charge is 0.496 e. The lowest BCUT2D eigenvalue weighted by molar-refractivity contribution is -0.149. The highest BCUT2D eigenvalue weighted by molar-refractivity contribution is 5.96. The van der Waals surface area contributed by atoms with Crippen molar-refractivity contribution in [3.63, 3.8) is 0 Å². The van der Waals surface area contributed by atoms with Crippen LogP contribution in [-0.4, -0.2) is 43.6 Å². The number of rotatable bonds is 5. The van der Waals surface area contributed by atoms with Crippen LogP contribution < -0.4 is 4.74 Å². The van der Waals surface area contributed by atoms with Gasteiger partial charge in [-0.05, 0) is 43.5 Å². The van der Waals surface area contributed by atoms with Gasteiger partial charge in [0.2, 0.25) is 0 Å². The molecule has 0 aromatic heterocycles. The van der Waals surface area contributed by atoms with E-state index in [9.17, 15) is 9.59 Å². The molecular weight excluding hydrogens is 342 g/mol. The van der Waals surface area contributed by atoms with E-state index in [-0.39, 0.29) is 17.8 Å². The fourth-order valence-electron chi connectivity index (χ4n) is 3.48. The molecule has 0 spiro atoms. The smallest absolute Gasteiger partial charge is 0.310 e. The van der Waals surface area contributed by atoms with Crippen LogP contribution in [0.2, 0.25) is 0 Å². The van der Waals surface area contributed by atoms with Gasteiger partial charge in [0.15, 0.2) is 0 Å². The molecule has 1 heterocycles. The fraction of sp³-hybridized carbons (Fsp3) is 0.364. The molecule has 3 rings (SSSR count). The van der Waals surface area contributed by atoms with E-state index in [2.05, 4.69) is 0 Å². The molecule has 1 fully saturated rings. The Labute approximate surface area is 159 Å².